The summed E-state index contributed by atoms with van der Waals surface area (Å²) in [6.07, 6.45) is 0. The second kappa shape index (κ2) is 7.22. The van der Waals surface area contributed by atoms with Crippen molar-refractivity contribution in [1.82, 2.24) is 4.90 Å². The molecule has 0 atom stereocenters. The third-order valence-electron chi connectivity index (χ3n) is 3.79. The number of carbonyl (C=O) groups excluding carboxylic acids is 1. The van der Waals surface area contributed by atoms with Gasteiger partial charge in [0.2, 0.25) is 10.0 Å². The number of hydrogen-bond donors (Lipinski definition) is 2. The monoisotopic (exact) mass is 377 g/mol. The van der Waals surface area contributed by atoms with Crippen LogP contribution in [0.3, 0.4) is 0 Å². The number of ether oxygens (including phenoxy) is 2. The lowest BCUT2D eigenvalue weighted by Crippen LogP contribution is -2.31. The van der Waals surface area contributed by atoms with Gasteiger partial charge in [0.25, 0.3) is 0 Å². The van der Waals surface area contributed by atoms with E-state index in [1.54, 1.807) is 13.1 Å². The Balaban J connectivity index is 1.67. The van der Waals surface area contributed by atoms with Crippen molar-refractivity contribution in [2.75, 3.05) is 25.6 Å². The van der Waals surface area contributed by atoms with Crippen molar-refractivity contribution in [2.24, 2.45) is 5.14 Å². The summed E-state index contributed by atoms with van der Waals surface area (Å²) < 4.78 is 33.8. The molecule has 0 spiro atoms. The van der Waals surface area contributed by atoms with Crippen LogP contribution in [-0.2, 0) is 16.6 Å². The lowest BCUT2D eigenvalue weighted by Gasteiger charge is -2.21. The summed E-state index contributed by atoms with van der Waals surface area (Å²) in [5.74, 6) is 1.34. The van der Waals surface area contributed by atoms with Gasteiger partial charge < -0.3 is 19.7 Å². The SMILES string of the molecule is CN(Cc1ccc2c(c1)OCCO2)C(=O)Nc1cccc(S(N)(=O)=O)c1. The van der Waals surface area contributed by atoms with E-state index < -0.39 is 10.0 Å². The van der Waals surface area contributed by atoms with E-state index in [4.69, 9.17) is 14.6 Å². The normalized spacial score (nSPS) is 13.2. The highest BCUT2D eigenvalue weighted by Gasteiger charge is 2.15. The molecule has 0 saturated carbocycles. The summed E-state index contributed by atoms with van der Waals surface area (Å²) in [4.78, 5) is 13.7. The average molecular weight is 377 g/mol. The fourth-order valence-corrected chi connectivity index (χ4v) is 3.06. The minimum Gasteiger partial charge on any atom is -0.486 e. The number of sulfonamides is 1. The zero-order valence-electron chi connectivity index (χ0n) is 14.1. The Kier molecular flexibility index (Phi) is 5.01. The molecule has 0 bridgehead atoms. The zero-order valence-corrected chi connectivity index (χ0v) is 15.0. The Morgan fingerprint density at radius 2 is 1.88 bits per heavy atom. The fourth-order valence-electron chi connectivity index (χ4n) is 2.50. The van der Waals surface area contributed by atoms with Gasteiger partial charge in [0.15, 0.2) is 11.5 Å². The molecule has 0 radical (unpaired) electrons. The van der Waals surface area contributed by atoms with Crippen LogP contribution in [0.1, 0.15) is 5.56 Å². The quantitative estimate of drug-likeness (QED) is 0.844. The summed E-state index contributed by atoms with van der Waals surface area (Å²) in [5, 5.41) is 7.75. The molecular weight excluding hydrogens is 358 g/mol. The van der Waals surface area contributed by atoms with Crippen LogP contribution in [0.4, 0.5) is 10.5 Å². The second-order valence-electron chi connectivity index (χ2n) is 5.84. The van der Waals surface area contributed by atoms with E-state index in [0.29, 0.717) is 36.9 Å². The van der Waals surface area contributed by atoms with Crippen molar-refractivity contribution in [2.45, 2.75) is 11.4 Å². The van der Waals surface area contributed by atoms with E-state index in [9.17, 15) is 13.2 Å². The van der Waals surface area contributed by atoms with Crippen molar-refractivity contribution in [1.29, 1.82) is 0 Å². The van der Waals surface area contributed by atoms with E-state index >= 15 is 0 Å². The first-order chi connectivity index (χ1) is 12.3. The molecule has 1 aliphatic rings. The number of rotatable bonds is 4. The maximum Gasteiger partial charge on any atom is 0.321 e. The molecular formula is C17H19N3O5S. The van der Waals surface area contributed by atoms with Gasteiger partial charge in [-0.3, -0.25) is 0 Å². The number of carbonyl (C=O) groups is 1. The first kappa shape index (κ1) is 18.0. The molecule has 8 nitrogen and oxygen atoms in total. The number of nitrogens with two attached hydrogens (primary N) is 1. The highest BCUT2D eigenvalue weighted by Crippen LogP contribution is 2.31. The van der Waals surface area contributed by atoms with Crippen LogP contribution in [0.25, 0.3) is 0 Å². The van der Waals surface area contributed by atoms with Gasteiger partial charge in [-0.05, 0) is 35.9 Å². The third kappa shape index (κ3) is 4.24. The summed E-state index contributed by atoms with van der Waals surface area (Å²) >= 11 is 0. The number of nitrogens with one attached hydrogen (secondary N) is 1. The van der Waals surface area contributed by atoms with Crippen LogP contribution < -0.4 is 19.9 Å². The van der Waals surface area contributed by atoms with Gasteiger partial charge in [0.05, 0.1) is 4.90 Å². The van der Waals surface area contributed by atoms with Gasteiger partial charge in [0.1, 0.15) is 13.2 Å². The second-order valence-corrected chi connectivity index (χ2v) is 7.40. The molecule has 0 saturated heterocycles. The smallest absolute Gasteiger partial charge is 0.321 e. The molecule has 1 aliphatic heterocycles. The minimum absolute atomic E-state index is 0.0650. The molecule has 0 fully saturated rings. The fraction of sp³-hybridized carbons (Fsp3) is 0.235. The van der Waals surface area contributed by atoms with Crippen molar-refractivity contribution in [3.8, 4) is 11.5 Å². The molecule has 138 valence electrons. The Hall–Kier alpha value is -2.78. The maximum atomic E-state index is 12.3. The number of primary sulfonamides is 1. The predicted molar refractivity (Wildman–Crippen MR) is 95.7 cm³/mol. The number of fused-ring (bicyclic) bond motifs is 1. The Bertz CT molecular complexity index is 930. The number of benzene rings is 2. The van der Waals surface area contributed by atoms with Gasteiger partial charge in [-0.15, -0.1) is 0 Å². The maximum absolute atomic E-state index is 12.3. The van der Waals surface area contributed by atoms with Gasteiger partial charge in [-0.2, -0.15) is 0 Å². The predicted octanol–water partition coefficient (Wildman–Crippen LogP) is 1.77. The standard InChI is InChI=1S/C17H19N3O5S/c1-20(11-12-5-6-15-16(9-12)25-8-7-24-15)17(21)19-13-3-2-4-14(10-13)26(18,22)23/h2-6,9-10H,7-8,11H2,1H3,(H,19,21)(H2,18,22,23). The van der Waals surface area contributed by atoms with Gasteiger partial charge in [-0.1, -0.05) is 12.1 Å². The van der Waals surface area contributed by atoms with Crippen molar-refractivity contribution in [3.05, 3.63) is 48.0 Å². The van der Waals surface area contributed by atoms with Crippen molar-refractivity contribution >= 4 is 21.7 Å². The largest absolute Gasteiger partial charge is 0.486 e. The third-order valence-corrected chi connectivity index (χ3v) is 4.70. The summed E-state index contributed by atoms with van der Waals surface area (Å²) in [5.41, 5.74) is 1.22. The summed E-state index contributed by atoms with van der Waals surface area (Å²) in [6.45, 7) is 1.36. The number of anilines is 1. The molecule has 2 aromatic carbocycles. The van der Waals surface area contributed by atoms with Crippen LogP contribution >= 0.6 is 0 Å². The molecule has 9 heteroatoms. The van der Waals surface area contributed by atoms with E-state index in [0.717, 1.165) is 5.56 Å². The topological polar surface area (TPSA) is 111 Å². The van der Waals surface area contributed by atoms with Gasteiger partial charge in [-0.25, -0.2) is 18.4 Å². The zero-order chi connectivity index (χ0) is 18.7. The number of urea groups is 1. The van der Waals surface area contributed by atoms with Crippen LogP contribution in [0.15, 0.2) is 47.4 Å². The molecule has 0 aromatic heterocycles. The van der Waals surface area contributed by atoms with E-state index in [-0.39, 0.29) is 10.9 Å². The Labute approximate surface area is 151 Å². The van der Waals surface area contributed by atoms with Gasteiger partial charge in [0, 0.05) is 19.3 Å². The van der Waals surface area contributed by atoms with Crippen molar-refractivity contribution < 1.29 is 22.7 Å². The highest BCUT2D eigenvalue weighted by molar-refractivity contribution is 7.89. The highest BCUT2D eigenvalue weighted by atomic mass is 32.2. The molecule has 26 heavy (non-hydrogen) atoms. The van der Waals surface area contributed by atoms with Gasteiger partial charge >= 0.3 is 6.03 Å². The first-order valence-electron chi connectivity index (χ1n) is 7.86. The summed E-state index contributed by atoms with van der Waals surface area (Å²) in [7, 11) is -2.19. The van der Waals surface area contributed by atoms with Crippen LogP contribution in [0.2, 0.25) is 0 Å². The lowest BCUT2D eigenvalue weighted by atomic mass is 10.2. The molecule has 0 unspecified atom stereocenters. The van der Waals surface area contributed by atoms with Crippen LogP contribution in [-0.4, -0.2) is 39.6 Å². The van der Waals surface area contributed by atoms with E-state index in [2.05, 4.69) is 5.32 Å². The Morgan fingerprint density at radius 1 is 1.15 bits per heavy atom. The van der Waals surface area contributed by atoms with Crippen LogP contribution in [0, 0.1) is 0 Å². The Morgan fingerprint density at radius 3 is 2.62 bits per heavy atom. The number of nitrogens with zero attached hydrogens (tertiary/aromatic N) is 1. The molecule has 3 rings (SSSR count). The average Bonchev–Trinajstić information content (AvgIpc) is 2.61. The molecule has 2 aromatic rings. The lowest BCUT2D eigenvalue weighted by molar-refractivity contribution is 0.171. The number of hydrogen-bond acceptors (Lipinski definition) is 5. The summed E-state index contributed by atoms with van der Waals surface area (Å²) in [6, 6.07) is 10.9. The van der Waals surface area contributed by atoms with E-state index in [1.807, 2.05) is 18.2 Å². The number of amides is 2. The van der Waals surface area contributed by atoms with Crippen molar-refractivity contribution in [3.63, 3.8) is 0 Å². The molecule has 3 N–H and O–H groups in total. The molecule has 1 heterocycles. The van der Waals surface area contributed by atoms with E-state index in [1.165, 1.54) is 23.1 Å². The molecule has 0 aliphatic carbocycles. The first-order valence-corrected chi connectivity index (χ1v) is 9.41. The van der Waals surface area contributed by atoms with Crippen LogP contribution in [0.5, 0.6) is 11.5 Å². The minimum atomic E-state index is -3.83. The molecule has 2 amide bonds.